The van der Waals surface area contributed by atoms with Gasteiger partial charge in [0.1, 0.15) is 22.8 Å². The average Bonchev–Trinajstić information content (AvgIpc) is 3.67. The van der Waals surface area contributed by atoms with E-state index in [2.05, 4.69) is 31.7 Å². The van der Waals surface area contributed by atoms with Gasteiger partial charge >= 0.3 is 0 Å². The molecule has 1 aliphatic carbocycles. The first-order chi connectivity index (χ1) is 23.4. The van der Waals surface area contributed by atoms with Crippen molar-refractivity contribution in [3.8, 4) is 6.07 Å². The quantitative estimate of drug-likeness (QED) is 0.217. The van der Waals surface area contributed by atoms with E-state index in [0.717, 1.165) is 0 Å². The summed E-state index contributed by atoms with van der Waals surface area (Å²) in [6.07, 6.45) is 6.28. The summed E-state index contributed by atoms with van der Waals surface area (Å²) >= 11 is 12.2. The molecule has 6 rings (SSSR count). The molecule has 0 radical (unpaired) electrons. The number of aromatic nitrogens is 4. The van der Waals surface area contributed by atoms with Crippen molar-refractivity contribution in [1.82, 2.24) is 35.1 Å². The van der Waals surface area contributed by atoms with Crippen LogP contribution in [0.3, 0.4) is 0 Å². The van der Waals surface area contributed by atoms with Gasteiger partial charge in [-0.05, 0) is 82.7 Å². The van der Waals surface area contributed by atoms with Gasteiger partial charge < -0.3 is 15.5 Å². The Morgan fingerprint density at radius 2 is 1.76 bits per heavy atom. The zero-order valence-corrected chi connectivity index (χ0v) is 28.4. The van der Waals surface area contributed by atoms with Crippen LogP contribution in [0.15, 0.2) is 61.1 Å². The molecule has 2 aromatic heterocycles. The van der Waals surface area contributed by atoms with Crippen LogP contribution in [0.1, 0.15) is 53.6 Å². The molecule has 2 aliphatic rings. The fourth-order valence-electron chi connectivity index (χ4n) is 6.01. The Balaban J connectivity index is 1.36. The number of anilines is 2. The summed E-state index contributed by atoms with van der Waals surface area (Å²) in [6, 6.07) is 12.1. The third-order valence-electron chi connectivity index (χ3n) is 8.78. The lowest BCUT2D eigenvalue weighted by Gasteiger charge is -2.27. The van der Waals surface area contributed by atoms with Crippen LogP contribution in [-0.4, -0.2) is 68.8 Å². The second-order valence-corrected chi connectivity index (χ2v) is 13.5. The van der Waals surface area contributed by atoms with Crippen molar-refractivity contribution in [1.29, 1.82) is 5.26 Å². The standard InChI is InChI=1S/C34H32Cl2FN9O3/c1-33(17-20-5-7-21(18-38)8-6-20)31(49)45(22-15-23(35)27(37)24(36)16-22)32-41-19-26(46(32)33)29(48)42-25(9-14-44(2)3)28(47)43-34(10-11-34)30-39-12-4-13-40-30/h4-8,12-13,15-16,19,25H,9-11,14,17H2,1-3H3,(H,42,48)(H,43,47)/t25-,33+/m0/s1. The number of hydrogen-bond donors (Lipinski definition) is 2. The molecule has 1 saturated carbocycles. The van der Waals surface area contributed by atoms with Crippen LogP contribution in [0.4, 0.5) is 16.0 Å². The molecule has 3 amide bonds. The molecule has 0 saturated heterocycles. The zero-order valence-electron chi connectivity index (χ0n) is 26.9. The molecule has 1 aliphatic heterocycles. The minimum atomic E-state index is -1.43. The number of imidazole rings is 1. The number of hydrogen-bond acceptors (Lipinski definition) is 8. The fourth-order valence-corrected chi connectivity index (χ4v) is 6.49. The maximum absolute atomic E-state index is 14.4. The Hall–Kier alpha value is -4.90. The van der Waals surface area contributed by atoms with Crippen LogP contribution in [0.2, 0.25) is 10.0 Å². The Labute approximate surface area is 291 Å². The third kappa shape index (κ3) is 6.47. The van der Waals surface area contributed by atoms with Gasteiger partial charge in [0.05, 0.1) is 33.6 Å². The summed E-state index contributed by atoms with van der Waals surface area (Å²) in [5.41, 5.74) is -0.799. The number of amides is 3. The number of nitrogens with one attached hydrogen (secondary N) is 2. The van der Waals surface area contributed by atoms with Crippen molar-refractivity contribution in [3.05, 3.63) is 99.6 Å². The minimum Gasteiger partial charge on any atom is -0.342 e. The normalized spacial score (nSPS) is 18.2. The number of fused-ring (bicyclic) bond motifs is 1. The number of nitrogens with zero attached hydrogens (tertiary/aromatic N) is 7. The van der Waals surface area contributed by atoms with Crippen molar-refractivity contribution in [2.45, 2.75) is 49.7 Å². The van der Waals surface area contributed by atoms with Crippen LogP contribution < -0.4 is 15.5 Å². The van der Waals surface area contributed by atoms with Crippen LogP contribution in [0.5, 0.6) is 0 Å². The van der Waals surface area contributed by atoms with E-state index in [1.165, 1.54) is 27.8 Å². The van der Waals surface area contributed by atoms with Gasteiger partial charge in [0, 0.05) is 18.8 Å². The molecule has 0 spiro atoms. The van der Waals surface area contributed by atoms with E-state index in [-0.39, 0.29) is 40.2 Å². The number of carbonyl (C=O) groups excluding carboxylic acids is 3. The smallest absolute Gasteiger partial charge is 0.270 e. The summed E-state index contributed by atoms with van der Waals surface area (Å²) in [6.45, 7) is 2.15. The Morgan fingerprint density at radius 1 is 1.10 bits per heavy atom. The Bertz CT molecular complexity index is 1950. The molecule has 2 N–H and O–H groups in total. The van der Waals surface area contributed by atoms with Gasteiger partial charge in [-0.15, -0.1) is 0 Å². The number of halogens is 3. The van der Waals surface area contributed by atoms with E-state index in [1.54, 1.807) is 49.6 Å². The second kappa shape index (κ2) is 13.2. The van der Waals surface area contributed by atoms with Gasteiger partial charge in [0.25, 0.3) is 11.8 Å². The molecule has 3 heterocycles. The first-order valence-electron chi connectivity index (χ1n) is 15.5. The summed E-state index contributed by atoms with van der Waals surface area (Å²) in [5.74, 6) is -1.75. The zero-order chi connectivity index (χ0) is 35.1. The van der Waals surface area contributed by atoms with E-state index in [1.807, 2.05) is 19.0 Å². The Morgan fingerprint density at radius 3 is 2.35 bits per heavy atom. The van der Waals surface area contributed by atoms with Crippen molar-refractivity contribution < 1.29 is 18.8 Å². The number of rotatable bonds is 11. The molecule has 4 aromatic rings. The van der Waals surface area contributed by atoms with Crippen LogP contribution in [0.25, 0.3) is 0 Å². The van der Waals surface area contributed by atoms with E-state index in [4.69, 9.17) is 23.2 Å². The maximum Gasteiger partial charge on any atom is 0.270 e. The molecule has 15 heteroatoms. The molecule has 12 nitrogen and oxygen atoms in total. The largest absolute Gasteiger partial charge is 0.342 e. The fraction of sp³-hybridized carbons (Fsp3) is 0.324. The summed E-state index contributed by atoms with van der Waals surface area (Å²) in [5, 5.41) is 14.6. The number of carbonyl (C=O) groups is 3. The van der Waals surface area contributed by atoms with Crippen LogP contribution in [-0.2, 0) is 27.1 Å². The third-order valence-corrected chi connectivity index (χ3v) is 9.33. The SMILES string of the molecule is CN(C)CC[C@H](NC(=O)c1cnc2n1[C@](C)(Cc1ccc(C#N)cc1)C(=O)N2c1cc(Cl)c(F)c(Cl)c1)C(=O)NC1(c2ncccn2)CC1. The van der Waals surface area contributed by atoms with Crippen molar-refractivity contribution >= 4 is 52.6 Å². The molecular formula is C34H32Cl2FN9O3. The molecule has 1 fully saturated rings. The van der Waals surface area contributed by atoms with Crippen LogP contribution >= 0.6 is 23.2 Å². The molecule has 2 atom stereocenters. The van der Waals surface area contributed by atoms with Gasteiger partial charge in [-0.2, -0.15) is 5.26 Å². The lowest BCUT2D eigenvalue weighted by Crippen LogP contribution is -2.51. The molecule has 252 valence electrons. The molecule has 0 unspecified atom stereocenters. The predicted octanol–water partition coefficient (Wildman–Crippen LogP) is 4.48. The Kier molecular flexibility index (Phi) is 9.15. The van der Waals surface area contributed by atoms with E-state index in [0.29, 0.717) is 36.3 Å². The van der Waals surface area contributed by atoms with Gasteiger partial charge in [0.2, 0.25) is 11.9 Å². The van der Waals surface area contributed by atoms with Crippen LogP contribution in [0, 0.1) is 17.1 Å². The molecule has 49 heavy (non-hydrogen) atoms. The first-order valence-corrected chi connectivity index (χ1v) is 16.2. The van der Waals surface area contributed by atoms with Crippen molar-refractivity contribution in [2.24, 2.45) is 0 Å². The highest BCUT2D eigenvalue weighted by atomic mass is 35.5. The number of benzene rings is 2. The predicted molar refractivity (Wildman–Crippen MR) is 180 cm³/mol. The molecule has 0 bridgehead atoms. The molecular weight excluding hydrogens is 672 g/mol. The monoisotopic (exact) mass is 703 g/mol. The van der Waals surface area contributed by atoms with E-state index >= 15 is 0 Å². The highest BCUT2D eigenvalue weighted by Gasteiger charge is 2.52. The van der Waals surface area contributed by atoms with Gasteiger partial charge in [-0.3, -0.25) is 19.0 Å². The van der Waals surface area contributed by atoms with Crippen molar-refractivity contribution in [2.75, 3.05) is 25.5 Å². The van der Waals surface area contributed by atoms with Gasteiger partial charge in [-0.1, -0.05) is 35.3 Å². The lowest BCUT2D eigenvalue weighted by atomic mass is 9.91. The highest BCUT2D eigenvalue weighted by molar-refractivity contribution is 6.35. The summed E-state index contributed by atoms with van der Waals surface area (Å²) < 4.78 is 15.9. The highest BCUT2D eigenvalue weighted by Crippen LogP contribution is 2.45. The van der Waals surface area contributed by atoms with E-state index in [9.17, 15) is 24.0 Å². The van der Waals surface area contributed by atoms with Gasteiger partial charge in [-0.25, -0.2) is 24.2 Å². The van der Waals surface area contributed by atoms with E-state index < -0.39 is 40.7 Å². The topological polar surface area (TPSA) is 149 Å². The maximum atomic E-state index is 14.4. The minimum absolute atomic E-state index is 0.0245. The number of nitriles is 1. The summed E-state index contributed by atoms with van der Waals surface area (Å²) in [4.78, 5) is 58.6. The van der Waals surface area contributed by atoms with Crippen molar-refractivity contribution in [3.63, 3.8) is 0 Å². The average molecular weight is 705 g/mol. The molecule has 2 aromatic carbocycles. The lowest BCUT2D eigenvalue weighted by molar-refractivity contribution is -0.125. The first kappa shape index (κ1) is 34.0. The summed E-state index contributed by atoms with van der Waals surface area (Å²) in [7, 11) is 3.73. The second-order valence-electron chi connectivity index (χ2n) is 12.7. The van der Waals surface area contributed by atoms with Gasteiger partial charge in [0.15, 0.2) is 11.6 Å².